The van der Waals surface area contributed by atoms with Crippen molar-refractivity contribution in [3.63, 3.8) is 0 Å². The number of carbonyl (C=O) groups is 1. The van der Waals surface area contributed by atoms with Gasteiger partial charge in [-0.15, -0.1) is 0 Å². The van der Waals surface area contributed by atoms with Gasteiger partial charge in [-0.1, -0.05) is 6.07 Å². The van der Waals surface area contributed by atoms with Gasteiger partial charge < -0.3 is 9.47 Å². The van der Waals surface area contributed by atoms with E-state index in [1.54, 1.807) is 13.1 Å². The van der Waals surface area contributed by atoms with E-state index in [2.05, 4.69) is 9.98 Å². The smallest absolute Gasteiger partial charge is 0.335 e. The first-order valence-electron chi connectivity index (χ1n) is 5.49. The molecule has 17 heavy (non-hydrogen) atoms. The molecule has 0 fully saturated rings. The molecule has 0 aliphatic carbocycles. The van der Waals surface area contributed by atoms with E-state index in [0.29, 0.717) is 6.61 Å². The Balaban J connectivity index is 2.22. The van der Waals surface area contributed by atoms with Gasteiger partial charge in [0.2, 0.25) is 0 Å². The molecule has 0 spiro atoms. The fraction of sp³-hybridized carbons (Fsp3) is 0.417. The van der Waals surface area contributed by atoms with Crippen molar-refractivity contribution in [1.82, 2.24) is 4.98 Å². The highest BCUT2D eigenvalue weighted by molar-refractivity contribution is 5.80. The zero-order valence-corrected chi connectivity index (χ0v) is 9.79. The van der Waals surface area contributed by atoms with Crippen molar-refractivity contribution in [3.8, 4) is 0 Å². The molecule has 0 radical (unpaired) electrons. The Kier molecular flexibility index (Phi) is 3.37. The first-order chi connectivity index (χ1) is 8.24. The van der Waals surface area contributed by atoms with E-state index in [1.165, 1.54) is 6.40 Å². The molecular weight excluding hydrogens is 220 g/mol. The summed E-state index contributed by atoms with van der Waals surface area (Å²) in [6.07, 6.45) is 2.49. The van der Waals surface area contributed by atoms with Crippen molar-refractivity contribution >= 4 is 12.4 Å². The fourth-order valence-corrected chi connectivity index (χ4v) is 1.74. The predicted molar refractivity (Wildman–Crippen MR) is 61.7 cm³/mol. The molecule has 0 saturated carbocycles. The van der Waals surface area contributed by atoms with Crippen LogP contribution in [0.4, 0.5) is 0 Å². The zero-order chi connectivity index (χ0) is 12.3. The minimum Gasteiger partial charge on any atom is -0.471 e. The summed E-state index contributed by atoms with van der Waals surface area (Å²) in [6, 6.07) is 3.11. The standard InChI is InChI=1S/C12H14N2O3/c1-3-16-12(15)10-11(17-7-14-10)9-8(2)5-4-6-13-9/h4-7,10-11H,3H2,1-2H3/t10-,11-/m1/s1. The van der Waals surface area contributed by atoms with Crippen LogP contribution in [0.25, 0.3) is 0 Å². The summed E-state index contributed by atoms with van der Waals surface area (Å²) in [4.78, 5) is 19.9. The Morgan fingerprint density at radius 1 is 1.59 bits per heavy atom. The van der Waals surface area contributed by atoms with Crippen molar-refractivity contribution in [2.24, 2.45) is 4.99 Å². The average Bonchev–Trinajstić information content (AvgIpc) is 2.79. The fourth-order valence-electron chi connectivity index (χ4n) is 1.74. The molecule has 5 heteroatoms. The lowest BCUT2D eigenvalue weighted by Gasteiger charge is -2.16. The maximum absolute atomic E-state index is 11.7. The highest BCUT2D eigenvalue weighted by Crippen LogP contribution is 2.28. The molecule has 1 aliphatic heterocycles. The second-order valence-corrected chi connectivity index (χ2v) is 3.71. The summed E-state index contributed by atoms with van der Waals surface area (Å²) in [5, 5.41) is 0. The van der Waals surface area contributed by atoms with Crippen molar-refractivity contribution in [3.05, 3.63) is 29.6 Å². The first-order valence-corrected chi connectivity index (χ1v) is 5.49. The summed E-state index contributed by atoms with van der Waals surface area (Å²) in [6.45, 7) is 4.02. The van der Waals surface area contributed by atoms with E-state index >= 15 is 0 Å². The molecule has 0 bridgehead atoms. The third-order valence-electron chi connectivity index (χ3n) is 2.56. The van der Waals surface area contributed by atoms with Crippen molar-refractivity contribution in [2.45, 2.75) is 26.0 Å². The van der Waals surface area contributed by atoms with Gasteiger partial charge in [0.25, 0.3) is 0 Å². The number of ether oxygens (including phenoxy) is 2. The zero-order valence-electron chi connectivity index (χ0n) is 9.79. The molecule has 1 aliphatic rings. The van der Waals surface area contributed by atoms with Crippen LogP contribution in [0, 0.1) is 6.92 Å². The van der Waals surface area contributed by atoms with Crippen LogP contribution >= 0.6 is 0 Å². The molecule has 0 amide bonds. The third kappa shape index (κ3) is 2.27. The largest absolute Gasteiger partial charge is 0.471 e. The van der Waals surface area contributed by atoms with Crippen molar-refractivity contribution in [1.29, 1.82) is 0 Å². The van der Waals surface area contributed by atoms with E-state index in [0.717, 1.165) is 11.3 Å². The Morgan fingerprint density at radius 2 is 2.41 bits per heavy atom. The van der Waals surface area contributed by atoms with Crippen molar-refractivity contribution in [2.75, 3.05) is 6.61 Å². The number of nitrogens with zero attached hydrogens (tertiary/aromatic N) is 2. The summed E-state index contributed by atoms with van der Waals surface area (Å²) >= 11 is 0. The van der Waals surface area contributed by atoms with Gasteiger partial charge in [0.15, 0.2) is 18.5 Å². The quantitative estimate of drug-likeness (QED) is 0.742. The highest BCUT2D eigenvalue weighted by Gasteiger charge is 2.36. The van der Waals surface area contributed by atoms with Gasteiger partial charge >= 0.3 is 5.97 Å². The lowest BCUT2D eigenvalue weighted by atomic mass is 10.0. The van der Waals surface area contributed by atoms with E-state index in [4.69, 9.17) is 9.47 Å². The Morgan fingerprint density at radius 3 is 3.12 bits per heavy atom. The van der Waals surface area contributed by atoms with E-state index in [1.807, 2.05) is 19.1 Å². The van der Waals surface area contributed by atoms with Crippen molar-refractivity contribution < 1.29 is 14.3 Å². The number of aromatic nitrogens is 1. The first kappa shape index (κ1) is 11.6. The summed E-state index contributed by atoms with van der Waals surface area (Å²) in [7, 11) is 0. The number of pyridine rings is 1. The van der Waals surface area contributed by atoms with Crippen LogP contribution in [-0.4, -0.2) is 30.0 Å². The van der Waals surface area contributed by atoms with Gasteiger partial charge in [-0.05, 0) is 25.5 Å². The molecule has 0 saturated heterocycles. The summed E-state index contributed by atoms with van der Waals surface area (Å²) in [5.74, 6) is -0.378. The van der Waals surface area contributed by atoms with Gasteiger partial charge in [0, 0.05) is 6.20 Å². The number of hydrogen-bond donors (Lipinski definition) is 0. The molecule has 90 valence electrons. The average molecular weight is 234 g/mol. The number of esters is 1. The molecule has 0 aromatic carbocycles. The molecule has 2 atom stereocenters. The number of aliphatic imine (C=N–C) groups is 1. The minimum absolute atomic E-state index is 0.332. The van der Waals surface area contributed by atoms with Gasteiger partial charge in [-0.3, -0.25) is 4.98 Å². The van der Waals surface area contributed by atoms with Crippen LogP contribution in [0.2, 0.25) is 0 Å². The van der Waals surface area contributed by atoms with Crippen LogP contribution in [0.15, 0.2) is 23.3 Å². The van der Waals surface area contributed by atoms with Gasteiger partial charge in [-0.25, -0.2) is 9.79 Å². The molecule has 5 nitrogen and oxygen atoms in total. The Bertz CT molecular complexity index is 445. The Hall–Kier alpha value is -1.91. The lowest BCUT2D eigenvalue weighted by Crippen LogP contribution is -2.27. The third-order valence-corrected chi connectivity index (χ3v) is 2.56. The lowest BCUT2D eigenvalue weighted by molar-refractivity contribution is -0.146. The Labute approximate surface area is 99.5 Å². The van der Waals surface area contributed by atoms with Crippen LogP contribution in [-0.2, 0) is 14.3 Å². The SMILES string of the molecule is CCOC(=O)[C@@H]1N=CO[C@@H]1c1ncccc1C. The van der Waals surface area contributed by atoms with Gasteiger partial charge in [0.1, 0.15) is 0 Å². The van der Waals surface area contributed by atoms with Crippen LogP contribution < -0.4 is 0 Å². The molecule has 1 aromatic heterocycles. The highest BCUT2D eigenvalue weighted by atomic mass is 16.5. The number of carbonyl (C=O) groups excluding carboxylic acids is 1. The summed E-state index contributed by atoms with van der Waals surface area (Å²) < 4.78 is 10.3. The molecule has 1 aromatic rings. The van der Waals surface area contributed by atoms with E-state index in [-0.39, 0.29) is 5.97 Å². The monoisotopic (exact) mass is 234 g/mol. The molecule has 2 heterocycles. The van der Waals surface area contributed by atoms with Gasteiger partial charge in [-0.2, -0.15) is 0 Å². The number of rotatable bonds is 3. The molecule has 2 rings (SSSR count). The van der Waals surface area contributed by atoms with Crippen LogP contribution in [0.3, 0.4) is 0 Å². The van der Waals surface area contributed by atoms with E-state index < -0.39 is 12.1 Å². The van der Waals surface area contributed by atoms with Gasteiger partial charge in [0.05, 0.1) is 12.3 Å². The molecular formula is C12H14N2O3. The topological polar surface area (TPSA) is 60.8 Å². The van der Waals surface area contributed by atoms with Crippen LogP contribution in [0.1, 0.15) is 24.3 Å². The predicted octanol–water partition coefficient (Wildman–Crippen LogP) is 1.42. The molecule has 0 N–H and O–H groups in total. The number of aryl methyl sites for hydroxylation is 1. The second kappa shape index (κ2) is 4.95. The number of hydrogen-bond acceptors (Lipinski definition) is 5. The minimum atomic E-state index is -0.649. The van der Waals surface area contributed by atoms with E-state index in [9.17, 15) is 4.79 Å². The second-order valence-electron chi connectivity index (χ2n) is 3.71. The van der Waals surface area contributed by atoms with Crippen LogP contribution in [0.5, 0.6) is 0 Å². The maximum atomic E-state index is 11.7. The normalized spacial score (nSPS) is 22.2. The summed E-state index contributed by atoms with van der Waals surface area (Å²) in [5.41, 5.74) is 1.69. The maximum Gasteiger partial charge on any atom is 0.335 e. The molecule has 0 unspecified atom stereocenters.